The van der Waals surface area contributed by atoms with Gasteiger partial charge in [-0.3, -0.25) is 9.59 Å². The van der Waals surface area contributed by atoms with Crippen molar-refractivity contribution in [2.24, 2.45) is 0 Å². The standard InChI is InChI=1S/C20H22N4O5S2/c1-11-5-6-13(28-4)12(7-11)22-16(25)9-21-17(26)10-29-19(27)15-8-14-18(30-15)23-20(31-14)24(2)3/h5-8H,9-10H2,1-4H3,(H,21,26)(H,22,25). The SMILES string of the molecule is COc1ccc(C)cc1NC(=O)CNC(=O)COC(=O)c1cc2sc(N(C)C)nc2s1. The fourth-order valence-electron chi connectivity index (χ4n) is 2.56. The number of thiophene rings is 1. The predicted octanol–water partition coefficient (Wildman–Crippen LogP) is 2.65. The lowest BCUT2D eigenvalue weighted by Gasteiger charge is -2.11. The zero-order chi connectivity index (χ0) is 22.5. The van der Waals surface area contributed by atoms with E-state index in [1.54, 1.807) is 18.2 Å². The van der Waals surface area contributed by atoms with Crippen molar-refractivity contribution in [2.75, 3.05) is 44.6 Å². The Morgan fingerprint density at radius 1 is 1.13 bits per heavy atom. The van der Waals surface area contributed by atoms with Crippen LogP contribution in [0.5, 0.6) is 5.75 Å². The zero-order valence-electron chi connectivity index (χ0n) is 17.5. The van der Waals surface area contributed by atoms with Crippen molar-refractivity contribution in [3.8, 4) is 5.75 Å². The van der Waals surface area contributed by atoms with Crippen molar-refractivity contribution in [3.05, 3.63) is 34.7 Å². The number of benzene rings is 1. The van der Waals surface area contributed by atoms with Gasteiger partial charge in [0.2, 0.25) is 5.91 Å². The topological polar surface area (TPSA) is 110 Å². The van der Waals surface area contributed by atoms with Gasteiger partial charge in [0.25, 0.3) is 5.91 Å². The number of amides is 2. The quantitative estimate of drug-likeness (QED) is 0.495. The zero-order valence-corrected chi connectivity index (χ0v) is 19.1. The van der Waals surface area contributed by atoms with Gasteiger partial charge in [0, 0.05) is 14.1 Å². The van der Waals surface area contributed by atoms with Crippen molar-refractivity contribution in [3.63, 3.8) is 0 Å². The third-order valence-corrected chi connectivity index (χ3v) is 6.38. The third kappa shape index (κ3) is 5.70. The molecular weight excluding hydrogens is 440 g/mol. The number of anilines is 2. The fourth-order valence-corrected chi connectivity index (χ4v) is 4.59. The molecule has 0 spiro atoms. The minimum Gasteiger partial charge on any atom is -0.495 e. The van der Waals surface area contributed by atoms with Gasteiger partial charge >= 0.3 is 5.97 Å². The van der Waals surface area contributed by atoms with Crippen LogP contribution < -0.4 is 20.3 Å². The van der Waals surface area contributed by atoms with E-state index in [2.05, 4.69) is 15.6 Å². The minimum absolute atomic E-state index is 0.264. The molecule has 31 heavy (non-hydrogen) atoms. The summed E-state index contributed by atoms with van der Waals surface area (Å²) >= 11 is 2.68. The molecule has 3 aromatic rings. The molecule has 0 fully saturated rings. The van der Waals surface area contributed by atoms with Crippen molar-refractivity contribution >= 4 is 60.8 Å². The Balaban J connectivity index is 1.46. The number of thiazole rings is 1. The highest BCUT2D eigenvalue weighted by Gasteiger charge is 2.17. The summed E-state index contributed by atoms with van der Waals surface area (Å²) in [5.41, 5.74) is 1.46. The van der Waals surface area contributed by atoms with Gasteiger partial charge in [-0.15, -0.1) is 11.3 Å². The normalized spacial score (nSPS) is 10.6. The molecule has 1 aromatic carbocycles. The van der Waals surface area contributed by atoms with E-state index in [9.17, 15) is 14.4 Å². The van der Waals surface area contributed by atoms with E-state index >= 15 is 0 Å². The largest absolute Gasteiger partial charge is 0.495 e. The molecule has 0 atom stereocenters. The maximum atomic E-state index is 12.2. The molecule has 2 heterocycles. The van der Waals surface area contributed by atoms with Gasteiger partial charge in [0.1, 0.15) is 15.5 Å². The second kappa shape index (κ2) is 9.75. The second-order valence-corrected chi connectivity index (χ2v) is 8.82. The highest BCUT2D eigenvalue weighted by molar-refractivity contribution is 7.29. The van der Waals surface area contributed by atoms with Crippen LogP contribution >= 0.6 is 22.7 Å². The van der Waals surface area contributed by atoms with E-state index in [-0.39, 0.29) is 6.54 Å². The number of rotatable bonds is 8. The highest BCUT2D eigenvalue weighted by Crippen LogP contribution is 2.34. The number of aromatic nitrogens is 1. The maximum absolute atomic E-state index is 12.2. The molecule has 0 bridgehead atoms. The Morgan fingerprint density at radius 2 is 1.90 bits per heavy atom. The lowest BCUT2D eigenvalue weighted by Crippen LogP contribution is -2.35. The number of fused-ring (bicyclic) bond motifs is 1. The molecule has 0 aliphatic carbocycles. The van der Waals surface area contributed by atoms with E-state index in [0.717, 1.165) is 20.2 Å². The van der Waals surface area contributed by atoms with E-state index in [1.165, 1.54) is 29.8 Å². The van der Waals surface area contributed by atoms with Crippen LogP contribution in [0.25, 0.3) is 9.53 Å². The monoisotopic (exact) mass is 462 g/mol. The first kappa shape index (κ1) is 22.5. The Kier molecular flexibility index (Phi) is 7.08. The van der Waals surface area contributed by atoms with Crippen LogP contribution in [0.3, 0.4) is 0 Å². The maximum Gasteiger partial charge on any atom is 0.348 e. The van der Waals surface area contributed by atoms with Crippen LogP contribution in [0.4, 0.5) is 10.8 Å². The molecule has 164 valence electrons. The molecular formula is C20H22N4O5S2. The summed E-state index contributed by atoms with van der Waals surface area (Å²) in [5.74, 6) is -1.09. The first-order chi connectivity index (χ1) is 14.8. The number of nitrogens with zero attached hydrogens (tertiary/aromatic N) is 2. The average molecular weight is 463 g/mol. The summed E-state index contributed by atoms with van der Waals surface area (Å²) < 4.78 is 11.1. The number of aryl methyl sites for hydroxylation is 1. The number of nitrogens with one attached hydrogen (secondary N) is 2. The van der Waals surface area contributed by atoms with Gasteiger partial charge in [-0.25, -0.2) is 9.78 Å². The molecule has 9 nitrogen and oxygen atoms in total. The van der Waals surface area contributed by atoms with Crippen LogP contribution in [-0.2, 0) is 14.3 Å². The van der Waals surface area contributed by atoms with Crippen LogP contribution in [0.15, 0.2) is 24.3 Å². The number of carbonyl (C=O) groups excluding carboxylic acids is 3. The van der Waals surface area contributed by atoms with Gasteiger partial charge in [0.05, 0.1) is 24.0 Å². The van der Waals surface area contributed by atoms with Crippen molar-refractivity contribution in [2.45, 2.75) is 6.92 Å². The molecule has 3 rings (SSSR count). The molecule has 0 radical (unpaired) electrons. The molecule has 11 heteroatoms. The second-order valence-electron chi connectivity index (χ2n) is 6.78. The summed E-state index contributed by atoms with van der Waals surface area (Å²) in [5, 5.41) is 5.95. The smallest absolute Gasteiger partial charge is 0.348 e. The first-order valence-corrected chi connectivity index (χ1v) is 10.9. The van der Waals surface area contributed by atoms with E-state index in [4.69, 9.17) is 9.47 Å². The van der Waals surface area contributed by atoms with Crippen LogP contribution in [-0.4, -0.2) is 57.1 Å². The third-order valence-electron chi connectivity index (χ3n) is 4.07. The Bertz CT molecular complexity index is 1090. The molecule has 2 N–H and O–H groups in total. The van der Waals surface area contributed by atoms with Crippen LogP contribution in [0, 0.1) is 6.92 Å². The van der Waals surface area contributed by atoms with Gasteiger partial charge in [-0.2, -0.15) is 0 Å². The number of hydrogen-bond acceptors (Lipinski definition) is 9. The summed E-state index contributed by atoms with van der Waals surface area (Å²) in [4.78, 5) is 43.7. The Morgan fingerprint density at radius 3 is 2.58 bits per heavy atom. The molecule has 0 aliphatic heterocycles. The summed E-state index contributed by atoms with van der Waals surface area (Å²) in [7, 11) is 5.30. The van der Waals surface area contributed by atoms with Gasteiger partial charge < -0.3 is 25.0 Å². The highest BCUT2D eigenvalue weighted by atomic mass is 32.1. The number of esters is 1. The number of carbonyl (C=O) groups is 3. The van der Waals surface area contributed by atoms with Gasteiger partial charge in [-0.1, -0.05) is 17.4 Å². The van der Waals surface area contributed by atoms with E-state index < -0.39 is 24.4 Å². The van der Waals surface area contributed by atoms with Crippen LogP contribution in [0.1, 0.15) is 15.2 Å². The van der Waals surface area contributed by atoms with Crippen molar-refractivity contribution in [1.29, 1.82) is 0 Å². The molecule has 0 aliphatic rings. The van der Waals surface area contributed by atoms with E-state index in [0.29, 0.717) is 16.3 Å². The summed E-state index contributed by atoms with van der Waals surface area (Å²) in [6, 6.07) is 7.07. The summed E-state index contributed by atoms with van der Waals surface area (Å²) in [6.45, 7) is 1.14. The van der Waals surface area contributed by atoms with Crippen molar-refractivity contribution < 1.29 is 23.9 Å². The minimum atomic E-state index is -0.606. The average Bonchev–Trinajstić information content (AvgIpc) is 3.30. The van der Waals surface area contributed by atoms with Gasteiger partial charge in [-0.05, 0) is 30.7 Å². The van der Waals surface area contributed by atoms with Crippen LogP contribution in [0.2, 0.25) is 0 Å². The summed E-state index contributed by atoms with van der Waals surface area (Å²) in [6.07, 6.45) is 0. The van der Waals surface area contributed by atoms with E-state index in [1.807, 2.05) is 32.0 Å². The fraction of sp³-hybridized carbons (Fsp3) is 0.300. The Labute approximate surface area is 187 Å². The first-order valence-electron chi connectivity index (χ1n) is 9.23. The lowest BCUT2D eigenvalue weighted by molar-refractivity contribution is -0.126. The molecule has 2 aromatic heterocycles. The number of ether oxygens (including phenoxy) is 2. The molecule has 0 saturated heterocycles. The molecule has 0 unspecified atom stereocenters. The molecule has 0 saturated carbocycles. The lowest BCUT2D eigenvalue weighted by atomic mass is 10.2. The predicted molar refractivity (Wildman–Crippen MR) is 121 cm³/mol. The van der Waals surface area contributed by atoms with Crippen molar-refractivity contribution in [1.82, 2.24) is 10.3 Å². The molecule has 2 amide bonds. The number of methoxy groups -OCH3 is 1. The number of hydrogen-bond donors (Lipinski definition) is 2. The van der Waals surface area contributed by atoms with Gasteiger partial charge in [0.15, 0.2) is 11.7 Å². The Hall–Kier alpha value is -3.18.